The molecule has 0 unspecified atom stereocenters. The van der Waals surface area contributed by atoms with Crippen LogP contribution in [0.5, 0.6) is 5.75 Å². The molecule has 2 aromatic carbocycles. The van der Waals surface area contributed by atoms with Crippen molar-refractivity contribution >= 4 is 16.5 Å². The van der Waals surface area contributed by atoms with Crippen molar-refractivity contribution in [3.05, 3.63) is 75.8 Å². The normalized spacial score (nSPS) is 13.1. The lowest BCUT2D eigenvalue weighted by Crippen LogP contribution is -2.27. The number of nitrogens with zero attached hydrogens (tertiary/aromatic N) is 2. The van der Waals surface area contributed by atoms with Crippen LogP contribution < -0.4 is 9.64 Å². The van der Waals surface area contributed by atoms with Gasteiger partial charge >= 0.3 is 12.4 Å². The SMILES string of the molecule is CC(C)(C)Oc1ccc(CCN(Cc2ccc(C(F)(F)F)cc2C(F)(F)F)c2nc(C(C)(C)C)cs2)cc1. The van der Waals surface area contributed by atoms with Gasteiger partial charge in [-0.05, 0) is 62.6 Å². The Balaban J connectivity index is 1.92. The number of hydrogen-bond acceptors (Lipinski definition) is 4. The molecule has 0 saturated heterocycles. The summed E-state index contributed by atoms with van der Waals surface area (Å²) in [6.07, 6.45) is -9.33. The quantitative estimate of drug-likeness (QED) is 0.271. The first-order valence-corrected chi connectivity index (χ1v) is 13.0. The van der Waals surface area contributed by atoms with Gasteiger partial charge in [-0.25, -0.2) is 4.98 Å². The number of rotatable bonds is 7. The molecule has 0 aliphatic rings. The van der Waals surface area contributed by atoms with Crippen LogP contribution in [0.4, 0.5) is 31.5 Å². The molecule has 3 nitrogen and oxygen atoms in total. The fourth-order valence-electron chi connectivity index (χ4n) is 3.70. The second-order valence-corrected chi connectivity index (χ2v) is 12.0. The molecule has 1 aromatic heterocycles. The molecular weight excluding hydrogens is 526 g/mol. The van der Waals surface area contributed by atoms with E-state index < -0.39 is 23.5 Å². The van der Waals surface area contributed by atoms with Gasteiger partial charge in [0.25, 0.3) is 0 Å². The number of ether oxygens (including phenoxy) is 1. The number of hydrogen-bond donors (Lipinski definition) is 0. The van der Waals surface area contributed by atoms with E-state index in [-0.39, 0.29) is 29.2 Å². The van der Waals surface area contributed by atoms with Crippen molar-refractivity contribution in [3.8, 4) is 5.75 Å². The van der Waals surface area contributed by atoms with Gasteiger partial charge in [-0.1, -0.05) is 39.0 Å². The molecule has 0 radical (unpaired) electrons. The molecule has 3 aromatic rings. The van der Waals surface area contributed by atoms with E-state index >= 15 is 0 Å². The third-order valence-corrected chi connectivity index (χ3v) is 6.55. The average molecular weight is 559 g/mol. The summed E-state index contributed by atoms with van der Waals surface area (Å²) in [6, 6.07) is 9.24. The highest BCUT2D eigenvalue weighted by atomic mass is 32.1. The van der Waals surface area contributed by atoms with Crippen molar-refractivity contribution in [2.75, 3.05) is 11.4 Å². The topological polar surface area (TPSA) is 25.4 Å². The molecule has 0 spiro atoms. The van der Waals surface area contributed by atoms with Crippen LogP contribution in [-0.2, 0) is 30.7 Å². The molecule has 0 N–H and O–H groups in total. The Bertz CT molecular complexity index is 1220. The Kier molecular flexibility index (Phi) is 8.46. The van der Waals surface area contributed by atoms with Crippen molar-refractivity contribution in [2.24, 2.45) is 0 Å². The minimum Gasteiger partial charge on any atom is -0.488 e. The Morgan fingerprint density at radius 1 is 0.842 bits per heavy atom. The predicted molar refractivity (Wildman–Crippen MR) is 139 cm³/mol. The Morgan fingerprint density at radius 3 is 1.97 bits per heavy atom. The summed E-state index contributed by atoms with van der Waals surface area (Å²) >= 11 is 1.30. The molecule has 38 heavy (non-hydrogen) atoms. The van der Waals surface area contributed by atoms with Crippen molar-refractivity contribution in [1.82, 2.24) is 4.98 Å². The van der Waals surface area contributed by atoms with Crippen LogP contribution in [0.1, 0.15) is 69.5 Å². The molecule has 3 rings (SSSR count). The van der Waals surface area contributed by atoms with Crippen LogP contribution in [0, 0.1) is 0 Å². The van der Waals surface area contributed by atoms with Crippen LogP contribution in [0.3, 0.4) is 0 Å². The van der Waals surface area contributed by atoms with Crippen molar-refractivity contribution in [1.29, 1.82) is 0 Å². The van der Waals surface area contributed by atoms with Crippen LogP contribution in [0.2, 0.25) is 0 Å². The van der Waals surface area contributed by atoms with Gasteiger partial charge in [-0.15, -0.1) is 11.3 Å². The highest BCUT2D eigenvalue weighted by Gasteiger charge is 2.38. The largest absolute Gasteiger partial charge is 0.488 e. The third kappa shape index (κ3) is 8.12. The van der Waals surface area contributed by atoms with E-state index in [1.54, 1.807) is 4.90 Å². The zero-order valence-electron chi connectivity index (χ0n) is 22.2. The highest BCUT2D eigenvalue weighted by Crippen LogP contribution is 2.38. The third-order valence-electron chi connectivity index (χ3n) is 5.65. The maximum absolute atomic E-state index is 13.8. The lowest BCUT2D eigenvalue weighted by atomic mass is 9.93. The van der Waals surface area contributed by atoms with E-state index in [0.717, 1.165) is 17.3 Å². The van der Waals surface area contributed by atoms with Gasteiger partial charge in [0, 0.05) is 23.9 Å². The Morgan fingerprint density at radius 2 is 1.47 bits per heavy atom. The molecule has 0 aliphatic carbocycles. The van der Waals surface area contributed by atoms with E-state index in [2.05, 4.69) is 4.98 Å². The van der Waals surface area contributed by atoms with E-state index in [0.29, 0.717) is 29.9 Å². The van der Waals surface area contributed by atoms with Crippen molar-refractivity contribution in [2.45, 2.75) is 77.9 Å². The molecule has 0 atom stereocenters. The number of thiazole rings is 1. The van der Waals surface area contributed by atoms with E-state index in [1.165, 1.54) is 11.3 Å². The fourth-order valence-corrected chi connectivity index (χ4v) is 4.78. The molecular formula is C28H32F6N2OS. The minimum atomic E-state index is -4.94. The van der Waals surface area contributed by atoms with Gasteiger partial charge in [-0.3, -0.25) is 0 Å². The Labute approximate surface area is 223 Å². The maximum Gasteiger partial charge on any atom is 0.416 e. The van der Waals surface area contributed by atoms with Gasteiger partial charge in [-0.2, -0.15) is 26.3 Å². The molecule has 0 fully saturated rings. The predicted octanol–water partition coefficient (Wildman–Crippen LogP) is 8.90. The summed E-state index contributed by atoms with van der Waals surface area (Å²) in [7, 11) is 0. The molecule has 0 saturated carbocycles. The second-order valence-electron chi connectivity index (χ2n) is 11.2. The van der Waals surface area contributed by atoms with Gasteiger partial charge in [0.05, 0.1) is 16.8 Å². The van der Waals surface area contributed by atoms with Crippen LogP contribution in [0.25, 0.3) is 0 Å². The first-order chi connectivity index (χ1) is 17.3. The summed E-state index contributed by atoms with van der Waals surface area (Å²) in [6.45, 7) is 11.8. The van der Waals surface area contributed by atoms with E-state index in [1.807, 2.05) is 71.2 Å². The summed E-state index contributed by atoms with van der Waals surface area (Å²) in [5.41, 5.74) is -1.77. The highest BCUT2D eigenvalue weighted by molar-refractivity contribution is 7.13. The minimum absolute atomic E-state index is 0.184. The van der Waals surface area contributed by atoms with Crippen LogP contribution in [0.15, 0.2) is 47.8 Å². The standard InChI is InChI=1S/C28H32F6N2OS/c1-25(2,3)23-17-38-24(35-23)36(14-13-18-7-11-21(12-8-18)37-26(4,5)6)16-19-9-10-20(27(29,30)31)15-22(19)28(32,33)34/h7-12,15,17H,13-14,16H2,1-6H3. The van der Waals surface area contributed by atoms with E-state index in [4.69, 9.17) is 4.74 Å². The zero-order valence-corrected chi connectivity index (χ0v) is 23.0. The number of halogens is 6. The van der Waals surface area contributed by atoms with E-state index in [9.17, 15) is 26.3 Å². The van der Waals surface area contributed by atoms with Crippen LogP contribution in [-0.4, -0.2) is 17.1 Å². The Hall–Kier alpha value is -2.75. The summed E-state index contributed by atoms with van der Waals surface area (Å²) in [5.74, 6) is 0.701. The molecule has 1 heterocycles. The smallest absolute Gasteiger partial charge is 0.416 e. The average Bonchev–Trinajstić information content (AvgIpc) is 3.26. The summed E-state index contributed by atoms with van der Waals surface area (Å²) < 4.78 is 86.8. The van der Waals surface area contributed by atoms with Crippen molar-refractivity contribution < 1.29 is 31.1 Å². The monoisotopic (exact) mass is 558 g/mol. The molecule has 0 amide bonds. The summed E-state index contributed by atoms with van der Waals surface area (Å²) in [5, 5.41) is 2.37. The second kappa shape index (κ2) is 10.8. The molecule has 0 aliphatic heterocycles. The van der Waals surface area contributed by atoms with Gasteiger partial charge in [0.15, 0.2) is 5.13 Å². The number of alkyl halides is 6. The summed E-state index contributed by atoms with van der Waals surface area (Å²) in [4.78, 5) is 6.35. The first-order valence-electron chi connectivity index (χ1n) is 12.1. The van der Waals surface area contributed by atoms with Gasteiger partial charge in [0.1, 0.15) is 11.4 Å². The van der Waals surface area contributed by atoms with Gasteiger partial charge in [0.2, 0.25) is 0 Å². The van der Waals surface area contributed by atoms with Crippen molar-refractivity contribution in [3.63, 3.8) is 0 Å². The van der Waals surface area contributed by atoms with Crippen LogP contribution >= 0.6 is 11.3 Å². The number of anilines is 1. The first kappa shape index (κ1) is 29.8. The lowest BCUT2D eigenvalue weighted by Gasteiger charge is -2.25. The lowest BCUT2D eigenvalue weighted by molar-refractivity contribution is -0.143. The zero-order chi connectivity index (χ0) is 28.5. The molecule has 10 heteroatoms. The molecule has 208 valence electrons. The number of benzene rings is 2. The maximum atomic E-state index is 13.8. The van der Waals surface area contributed by atoms with Gasteiger partial charge < -0.3 is 9.64 Å². The fraction of sp³-hybridized carbons (Fsp3) is 0.464. The number of aromatic nitrogens is 1. The molecule has 0 bridgehead atoms.